The van der Waals surface area contributed by atoms with Crippen molar-refractivity contribution in [1.82, 2.24) is 0 Å². The Morgan fingerprint density at radius 2 is 2.07 bits per heavy atom. The predicted molar refractivity (Wildman–Crippen MR) is 60.9 cm³/mol. The van der Waals surface area contributed by atoms with E-state index in [9.17, 15) is 8.78 Å². The topological polar surface area (TPSA) is 26.0 Å². The van der Waals surface area contributed by atoms with Crippen LogP contribution < -0.4 is 5.73 Å². The third-order valence-electron chi connectivity index (χ3n) is 2.11. The summed E-state index contributed by atoms with van der Waals surface area (Å²) in [6.45, 7) is 1.04. The summed E-state index contributed by atoms with van der Waals surface area (Å²) in [5.41, 5.74) is 6.29. The van der Waals surface area contributed by atoms with E-state index in [2.05, 4.69) is 0 Å². The van der Waals surface area contributed by atoms with Crippen LogP contribution in [0.15, 0.2) is 12.1 Å². The van der Waals surface area contributed by atoms with Gasteiger partial charge in [-0.2, -0.15) is 0 Å². The van der Waals surface area contributed by atoms with Gasteiger partial charge < -0.3 is 5.73 Å². The number of alkyl halides is 1. The molecule has 0 amide bonds. The van der Waals surface area contributed by atoms with E-state index in [0.29, 0.717) is 5.56 Å². The fourth-order valence-corrected chi connectivity index (χ4v) is 1.57. The largest absolute Gasteiger partial charge is 0.324 e. The first kappa shape index (κ1) is 14.6. The van der Waals surface area contributed by atoms with Crippen molar-refractivity contribution >= 4 is 24.0 Å². The number of benzene rings is 1. The minimum atomic E-state index is -0.674. The van der Waals surface area contributed by atoms with Crippen LogP contribution in [0.4, 0.5) is 8.78 Å². The van der Waals surface area contributed by atoms with Gasteiger partial charge in [-0.1, -0.05) is 17.7 Å². The van der Waals surface area contributed by atoms with E-state index in [0.717, 1.165) is 0 Å². The van der Waals surface area contributed by atoms with Crippen molar-refractivity contribution in [3.05, 3.63) is 34.1 Å². The fourth-order valence-electron chi connectivity index (χ4n) is 1.28. The maximum absolute atomic E-state index is 13.5. The van der Waals surface area contributed by atoms with E-state index in [1.54, 1.807) is 19.1 Å². The van der Waals surface area contributed by atoms with Crippen LogP contribution >= 0.6 is 24.0 Å². The molecule has 0 radical (unpaired) electrons. The molecule has 1 nitrogen and oxygen atoms in total. The molecule has 15 heavy (non-hydrogen) atoms. The zero-order valence-electron chi connectivity index (χ0n) is 8.27. The molecule has 1 atom stereocenters. The van der Waals surface area contributed by atoms with E-state index < -0.39 is 18.5 Å². The lowest BCUT2D eigenvalue weighted by Crippen LogP contribution is -2.14. The molecule has 1 rings (SSSR count). The standard InChI is InChI=1S/C10H12ClF2N.ClH/c1-6-2-3-7(11)9(10(6)13)8(14)4-5-12;/h2-3,8H,4-5,14H2,1H3;1H/t8-;/m0./s1. The van der Waals surface area contributed by atoms with Crippen molar-refractivity contribution in [3.63, 3.8) is 0 Å². The Labute approximate surface area is 99.0 Å². The van der Waals surface area contributed by atoms with Gasteiger partial charge in [-0.25, -0.2) is 4.39 Å². The summed E-state index contributed by atoms with van der Waals surface area (Å²) in [6.07, 6.45) is 0.0834. The minimum absolute atomic E-state index is 0. The van der Waals surface area contributed by atoms with Crippen LogP contribution in [0, 0.1) is 12.7 Å². The molecule has 0 heterocycles. The summed E-state index contributed by atoms with van der Waals surface area (Å²) in [6, 6.07) is 2.48. The Bertz CT molecular complexity index is 331. The summed E-state index contributed by atoms with van der Waals surface area (Å²) in [7, 11) is 0. The van der Waals surface area contributed by atoms with Gasteiger partial charge in [0.05, 0.1) is 6.67 Å². The normalized spacial score (nSPS) is 12.1. The molecule has 0 unspecified atom stereocenters. The second-order valence-corrected chi connectivity index (χ2v) is 3.58. The molecular formula is C10H13Cl2F2N. The quantitative estimate of drug-likeness (QED) is 0.878. The SMILES string of the molecule is Cc1ccc(Cl)c([C@@H](N)CCF)c1F.Cl. The average molecular weight is 256 g/mol. The van der Waals surface area contributed by atoms with Crippen molar-refractivity contribution in [1.29, 1.82) is 0 Å². The first-order chi connectivity index (χ1) is 6.57. The third kappa shape index (κ3) is 3.30. The van der Waals surface area contributed by atoms with Gasteiger partial charge in [-0.15, -0.1) is 12.4 Å². The van der Waals surface area contributed by atoms with Crippen LogP contribution in [-0.2, 0) is 0 Å². The smallest absolute Gasteiger partial charge is 0.132 e. The molecule has 1 aromatic carbocycles. The van der Waals surface area contributed by atoms with Gasteiger partial charge in [0.15, 0.2) is 0 Å². The highest BCUT2D eigenvalue weighted by Gasteiger charge is 2.16. The van der Waals surface area contributed by atoms with Crippen molar-refractivity contribution < 1.29 is 8.78 Å². The van der Waals surface area contributed by atoms with Crippen molar-refractivity contribution in [2.75, 3.05) is 6.67 Å². The zero-order chi connectivity index (χ0) is 10.7. The molecule has 0 bridgehead atoms. The summed E-state index contributed by atoms with van der Waals surface area (Å²) in [4.78, 5) is 0. The van der Waals surface area contributed by atoms with E-state index in [1.807, 2.05) is 0 Å². The second kappa shape index (κ2) is 6.26. The third-order valence-corrected chi connectivity index (χ3v) is 2.44. The van der Waals surface area contributed by atoms with Gasteiger partial charge in [0.1, 0.15) is 5.82 Å². The van der Waals surface area contributed by atoms with E-state index in [-0.39, 0.29) is 29.4 Å². The molecule has 2 N–H and O–H groups in total. The summed E-state index contributed by atoms with van der Waals surface area (Å²) >= 11 is 5.79. The van der Waals surface area contributed by atoms with Gasteiger partial charge in [0, 0.05) is 16.6 Å². The van der Waals surface area contributed by atoms with Crippen molar-refractivity contribution in [3.8, 4) is 0 Å². The zero-order valence-corrected chi connectivity index (χ0v) is 9.84. The van der Waals surface area contributed by atoms with E-state index >= 15 is 0 Å². The first-order valence-corrected chi connectivity index (χ1v) is 4.71. The summed E-state index contributed by atoms with van der Waals surface area (Å²) in [5, 5.41) is 0.258. The van der Waals surface area contributed by atoms with Crippen LogP contribution in [0.2, 0.25) is 5.02 Å². The number of aryl methyl sites for hydroxylation is 1. The van der Waals surface area contributed by atoms with Crippen LogP contribution in [0.3, 0.4) is 0 Å². The average Bonchev–Trinajstić information content (AvgIpc) is 2.13. The molecule has 5 heteroatoms. The Balaban J connectivity index is 0.00000196. The number of hydrogen-bond acceptors (Lipinski definition) is 1. The lowest BCUT2D eigenvalue weighted by Gasteiger charge is -2.14. The maximum atomic E-state index is 13.5. The number of nitrogens with two attached hydrogens (primary N) is 1. The maximum Gasteiger partial charge on any atom is 0.132 e. The number of hydrogen-bond donors (Lipinski definition) is 1. The van der Waals surface area contributed by atoms with Crippen LogP contribution in [0.25, 0.3) is 0 Å². The molecule has 0 fully saturated rings. The van der Waals surface area contributed by atoms with Crippen LogP contribution in [0.1, 0.15) is 23.6 Å². The second-order valence-electron chi connectivity index (χ2n) is 3.18. The van der Waals surface area contributed by atoms with Crippen molar-refractivity contribution in [2.24, 2.45) is 5.73 Å². The van der Waals surface area contributed by atoms with Crippen LogP contribution in [-0.4, -0.2) is 6.67 Å². The number of halogens is 4. The Kier molecular flexibility index (Phi) is 6.10. The summed E-state index contributed by atoms with van der Waals surface area (Å²) in [5.74, 6) is -0.432. The highest BCUT2D eigenvalue weighted by molar-refractivity contribution is 6.31. The van der Waals surface area contributed by atoms with Gasteiger partial charge in [0.2, 0.25) is 0 Å². The van der Waals surface area contributed by atoms with Crippen LogP contribution in [0.5, 0.6) is 0 Å². The van der Waals surface area contributed by atoms with Gasteiger partial charge in [-0.3, -0.25) is 4.39 Å². The monoisotopic (exact) mass is 255 g/mol. The molecule has 0 spiro atoms. The van der Waals surface area contributed by atoms with Crippen molar-refractivity contribution in [2.45, 2.75) is 19.4 Å². The highest BCUT2D eigenvalue weighted by atomic mass is 35.5. The molecule has 0 aliphatic rings. The first-order valence-electron chi connectivity index (χ1n) is 4.34. The molecule has 86 valence electrons. The fraction of sp³-hybridized carbons (Fsp3) is 0.400. The molecule has 0 aromatic heterocycles. The molecular weight excluding hydrogens is 243 g/mol. The van der Waals surface area contributed by atoms with Gasteiger partial charge >= 0.3 is 0 Å². The van der Waals surface area contributed by atoms with Gasteiger partial charge in [-0.05, 0) is 25.0 Å². The Morgan fingerprint density at radius 1 is 1.47 bits per heavy atom. The molecule has 1 aromatic rings. The molecule has 0 aliphatic carbocycles. The van der Waals surface area contributed by atoms with E-state index in [1.165, 1.54) is 0 Å². The predicted octanol–water partition coefficient (Wildman–Crippen LogP) is 3.57. The number of rotatable bonds is 3. The highest BCUT2D eigenvalue weighted by Crippen LogP contribution is 2.28. The Hall–Kier alpha value is -0.380. The lowest BCUT2D eigenvalue weighted by molar-refractivity contribution is 0.434. The molecule has 0 saturated carbocycles. The summed E-state index contributed by atoms with van der Waals surface area (Å²) < 4.78 is 25.6. The lowest BCUT2D eigenvalue weighted by atomic mass is 10.0. The molecule has 0 saturated heterocycles. The molecule has 0 aliphatic heterocycles. The Morgan fingerprint density at radius 3 is 2.60 bits per heavy atom. The minimum Gasteiger partial charge on any atom is -0.324 e. The van der Waals surface area contributed by atoms with Gasteiger partial charge in [0.25, 0.3) is 0 Å². The van der Waals surface area contributed by atoms with E-state index in [4.69, 9.17) is 17.3 Å².